The standard InChI is InChI=1S/C10H13BrClNO/c1-10(2,6-14-13)8-5-7(12)3-4-9(8)11/h3-5H,6,13H2,1-2H3. The summed E-state index contributed by atoms with van der Waals surface area (Å²) in [5, 5.41) is 0.716. The molecule has 0 amide bonds. The minimum Gasteiger partial charge on any atom is -0.304 e. The van der Waals surface area contributed by atoms with Crippen LogP contribution in [0, 0.1) is 0 Å². The van der Waals surface area contributed by atoms with Crippen LogP contribution in [0.5, 0.6) is 0 Å². The second-order valence-corrected chi connectivity index (χ2v) is 5.11. The van der Waals surface area contributed by atoms with E-state index < -0.39 is 0 Å². The number of benzene rings is 1. The molecule has 0 saturated heterocycles. The fourth-order valence-corrected chi connectivity index (χ4v) is 2.26. The van der Waals surface area contributed by atoms with Gasteiger partial charge in [0.05, 0.1) is 6.61 Å². The molecule has 0 atom stereocenters. The Kier molecular flexibility index (Phi) is 3.95. The number of hydrogen-bond donors (Lipinski definition) is 1. The Balaban J connectivity index is 3.10. The molecule has 0 aliphatic heterocycles. The summed E-state index contributed by atoms with van der Waals surface area (Å²) in [4.78, 5) is 4.69. The molecule has 2 nitrogen and oxygen atoms in total. The van der Waals surface area contributed by atoms with Crippen LogP contribution < -0.4 is 5.90 Å². The van der Waals surface area contributed by atoms with Crippen LogP contribution in [0.25, 0.3) is 0 Å². The third-order valence-electron chi connectivity index (χ3n) is 2.10. The average Bonchev–Trinajstić information content (AvgIpc) is 2.09. The molecule has 0 heterocycles. The van der Waals surface area contributed by atoms with E-state index in [0.717, 1.165) is 10.0 Å². The first-order valence-electron chi connectivity index (χ1n) is 4.24. The van der Waals surface area contributed by atoms with Gasteiger partial charge in [0.15, 0.2) is 0 Å². The quantitative estimate of drug-likeness (QED) is 0.861. The maximum Gasteiger partial charge on any atom is 0.0771 e. The molecule has 2 N–H and O–H groups in total. The fraction of sp³-hybridized carbons (Fsp3) is 0.400. The van der Waals surface area contributed by atoms with Gasteiger partial charge in [0.1, 0.15) is 0 Å². The summed E-state index contributed by atoms with van der Waals surface area (Å²) in [5.41, 5.74) is 0.939. The van der Waals surface area contributed by atoms with Crippen molar-refractivity contribution in [2.24, 2.45) is 5.90 Å². The Labute approximate surface area is 97.5 Å². The fourth-order valence-electron chi connectivity index (χ4n) is 1.30. The predicted molar refractivity (Wildman–Crippen MR) is 62.3 cm³/mol. The Morgan fingerprint density at radius 2 is 2.14 bits per heavy atom. The van der Waals surface area contributed by atoms with Crippen LogP contribution in [0.15, 0.2) is 22.7 Å². The van der Waals surface area contributed by atoms with E-state index in [1.165, 1.54) is 0 Å². The second kappa shape index (κ2) is 4.62. The normalized spacial score (nSPS) is 11.8. The first kappa shape index (κ1) is 12.0. The van der Waals surface area contributed by atoms with E-state index in [0.29, 0.717) is 11.6 Å². The van der Waals surface area contributed by atoms with Gasteiger partial charge in [-0.05, 0) is 23.8 Å². The van der Waals surface area contributed by atoms with Crippen LogP contribution >= 0.6 is 27.5 Å². The minimum absolute atomic E-state index is 0.154. The van der Waals surface area contributed by atoms with E-state index in [9.17, 15) is 0 Å². The van der Waals surface area contributed by atoms with Crippen molar-refractivity contribution in [3.63, 3.8) is 0 Å². The molecule has 0 bridgehead atoms. The third-order valence-corrected chi connectivity index (χ3v) is 3.03. The lowest BCUT2D eigenvalue weighted by molar-refractivity contribution is 0.0962. The van der Waals surface area contributed by atoms with E-state index in [4.69, 9.17) is 22.3 Å². The van der Waals surface area contributed by atoms with E-state index in [-0.39, 0.29) is 5.41 Å². The van der Waals surface area contributed by atoms with E-state index in [1.54, 1.807) is 0 Å². The van der Waals surface area contributed by atoms with Crippen molar-refractivity contribution in [1.29, 1.82) is 0 Å². The van der Waals surface area contributed by atoms with Crippen molar-refractivity contribution in [1.82, 2.24) is 0 Å². The minimum atomic E-state index is -0.154. The Bertz CT molecular complexity index is 328. The van der Waals surface area contributed by atoms with Gasteiger partial charge >= 0.3 is 0 Å². The zero-order chi connectivity index (χ0) is 10.8. The Hall–Kier alpha value is -0.0900. The summed E-state index contributed by atoms with van der Waals surface area (Å²) in [7, 11) is 0. The molecule has 4 heteroatoms. The van der Waals surface area contributed by atoms with Gasteiger partial charge in [-0.2, -0.15) is 0 Å². The summed E-state index contributed by atoms with van der Waals surface area (Å²) in [5.74, 6) is 5.09. The summed E-state index contributed by atoms with van der Waals surface area (Å²) in [6.45, 7) is 4.55. The topological polar surface area (TPSA) is 35.2 Å². The maximum absolute atomic E-state index is 5.93. The number of hydrogen-bond acceptors (Lipinski definition) is 2. The van der Waals surface area contributed by atoms with Crippen molar-refractivity contribution in [2.45, 2.75) is 19.3 Å². The van der Waals surface area contributed by atoms with Gasteiger partial charge in [-0.15, -0.1) is 0 Å². The van der Waals surface area contributed by atoms with Crippen molar-refractivity contribution in [3.8, 4) is 0 Å². The van der Waals surface area contributed by atoms with Crippen molar-refractivity contribution < 1.29 is 4.84 Å². The lowest BCUT2D eigenvalue weighted by atomic mass is 9.86. The zero-order valence-electron chi connectivity index (χ0n) is 8.18. The molecule has 0 unspecified atom stereocenters. The average molecular weight is 279 g/mol. The highest BCUT2D eigenvalue weighted by Gasteiger charge is 2.23. The van der Waals surface area contributed by atoms with Crippen LogP contribution in [-0.2, 0) is 10.3 Å². The van der Waals surface area contributed by atoms with Crippen LogP contribution in [0.1, 0.15) is 19.4 Å². The zero-order valence-corrected chi connectivity index (χ0v) is 10.5. The lowest BCUT2D eigenvalue weighted by Crippen LogP contribution is -2.26. The molecule has 0 aliphatic rings. The molecule has 0 aliphatic carbocycles. The summed E-state index contributed by atoms with van der Waals surface area (Å²) < 4.78 is 1.02. The van der Waals surface area contributed by atoms with Crippen molar-refractivity contribution in [2.75, 3.05) is 6.61 Å². The van der Waals surface area contributed by atoms with Gasteiger partial charge < -0.3 is 4.84 Å². The Morgan fingerprint density at radius 1 is 1.50 bits per heavy atom. The summed E-state index contributed by atoms with van der Waals surface area (Å²) in [6.07, 6.45) is 0. The van der Waals surface area contributed by atoms with E-state index in [2.05, 4.69) is 29.8 Å². The van der Waals surface area contributed by atoms with Crippen molar-refractivity contribution in [3.05, 3.63) is 33.3 Å². The molecule has 1 aromatic carbocycles. The number of nitrogens with two attached hydrogens (primary N) is 1. The molecule has 78 valence electrons. The molecule has 0 radical (unpaired) electrons. The molecule has 0 fully saturated rings. The molecule has 0 saturated carbocycles. The molecular weight excluding hydrogens is 265 g/mol. The molecule has 0 aromatic heterocycles. The molecule has 1 rings (SSSR count). The predicted octanol–water partition coefficient (Wildman–Crippen LogP) is 3.27. The SMILES string of the molecule is CC(C)(CON)c1cc(Cl)ccc1Br. The second-order valence-electron chi connectivity index (χ2n) is 3.82. The number of halogens is 2. The maximum atomic E-state index is 5.93. The van der Waals surface area contributed by atoms with Crippen LogP contribution in [0.3, 0.4) is 0 Å². The van der Waals surface area contributed by atoms with Crippen molar-refractivity contribution >= 4 is 27.5 Å². The summed E-state index contributed by atoms with van der Waals surface area (Å²) >= 11 is 9.41. The summed E-state index contributed by atoms with van der Waals surface area (Å²) in [6, 6.07) is 5.69. The molecule has 0 spiro atoms. The first-order valence-corrected chi connectivity index (χ1v) is 5.41. The van der Waals surface area contributed by atoms with Gasteiger partial charge in [0.25, 0.3) is 0 Å². The third kappa shape index (κ3) is 2.70. The molecule has 14 heavy (non-hydrogen) atoms. The van der Waals surface area contributed by atoms with E-state index in [1.807, 2.05) is 18.2 Å². The highest BCUT2D eigenvalue weighted by atomic mass is 79.9. The van der Waals surface area contributed by atoms with Gasteiger partial charge in [0, 0.05) is 14.9 Å². The van der Waals surface area contributed by atoms with E-state index >= 15 is 0 Å². The van der Waals surface area contributed by atoms with Gasteiger partial charge in [-0.1, -0.05) is 41.4 Å². The lowest BCUT2D eigenvalue weighted by Gasteiger charge is -2.25. The highest BCUT2D eigenvalue weighted by molar-refractivity contribution is 9.10. The smallest absolute Gasteiger partial charge is 0.0771 e. The van der Waals surface area contributed by atoms with Gasteiger partial charge in [-0.3, -0.25) is 0 Å². The molecule has 1 aromatic rings. The monoisotopic (exact) mass is 277 g/mol. The Morgan fingerprint density at radius 3 is 2.71 bits per heavy atom. The van der Waals surface area contributed by atoms with Crippen LogP contribution in [0.4, 0.5) is 0 Å². The van der Waals surface area contributed by atoms with Gasteiger partial charge in [0.2, 0.25) is 0 Å². The first-order chi connectivity index (χ1) is 6.47. The largest absolute Gasteiger partial charge is 0.304 e. The number of rotatable bonds is 3. The van der Waals surface area contributed by atoms with Crippen LogP contribution in [-0.4, -0.2) is 6.61 Å². The highest BCUT2D eigenvalue weighted by Crippen LogP contribution is 2.32. The van der Waals surface area contributed by atoms with Crippen LogP contribution in [0.2, 0.25) is 5.02 Å². The molecular formula is C10H13BrClNO. The van der Waals surface area contributed by atoms with Gasteiger partial charge in [-0.25, -0.2) is 5.90 Å².